The number of hydrogen-bond acceptors (Lipinski definition) is 2. The van der Waals surface area contributed by atoms with E-state index in [0.29, 0.717) is 5.91 Å². The van der Waals surface area contributed by atoms with E-state index in [2.05, 4.69) is 41.4 Å². The molecule has 2 aliphatic heterocycles. The van der Waals surface area contributed by atoms with Gasteiger partial charge in [-0.25, -0.2) is 0 Å². The number of amides is 1. The van der Waals surface area contributed by atoms with Crippen molar-refractivity contribution < 1.29 is 4.79 Å². The molecule has 4 heteroatoms. The number of piperidine rings is 1. The number of nitrogens with one attached hydrogen (secondary N) is 1. The summed E-state index contributed by atoms with van der Waals surface area (Å²) in [6.07, 6.45) is 3.11. The highest BCUT2D eigenvalue weighted by molar-refractivity contribution is 5.85. The second-order valence-corrected chi connectivity index (χ2v) is 6.09. The Morgan fingerprint density at radius 1 is 1.30 bits per heavy atom. The van der Waals surface area contributed by atoms with Crippen LogP contribution < -0.4 is 5.32 Å². The molecule has 3 rings (SSSR count). The van der Waals surface area contributed by atoms with Crippen molar-refractivity contribution in [1.82, 2.24) is 10.2 Å². The number of hydrogen-bond donors (Lipinski definition) is 1. The molecule has 0 saturated carbocycles. The van der Waals surface area contributed by atoms with Crippen molar-refractivity contribution in [2.24, 2.45) is 5.41 Å². The highest BCUT2D eigenvalue weighted by atomic mass is 35.5. The Hall–Kier alpha value is -1.06. The molecule has 110 valence electrons. The number of rotatable bonds is 1. The fourth-order valence-corrected chi connectivity index (χ4v) is 3.29. The molecule has 1 fully saturated rings. The van der Waals surface area contributed by atoms with Gasteiger partial charge in [0.1, 0.15) is 0 Å². The second-order valence-electron chi connectivity index (χ2n) is 6.09. The number of benzene rings is 1. The molecule has 0 aliphatic carbocycles. The van der Waals surface area contributed by atoms with E-state index in [4.69, 9.17) is 0 Å². The van der Waals surface area contributed by atoms with E-state index in [1.165, 1.54) is 11.1 Å². The predicted octanol–water partition coefficient (Wildman–Crippen LogP) is 2.38. The number of carbonyl (C=O) groups is 1. The van der Waals surface area contributed by atoms with E-state index >= 15 is 0 Å². The molecule has 20 heavy (non-hydrogen) atoms. The maximum Gasteiger partial charge on any atom is 0.230 e. The zero-order valence-electron chi connectivity index (χ0n) is 12.0. The van der Waals surface area contributed by atoms with Crippen LogP contribution in [0, 0.1) is 5.41 Å². The molecule has 1 aromatic carbocycles. The van der Waals surface area contributed by atoms with E-state index in [1.807, 2.05) is 0 Å². The molecule has 0 spiro atoms. The van der Waals surface area contributed by atoms with Gasteiger partial charge in [-0.05, 0) is 43.9 Å². The lowest BCUT2D eigenvalue weighted by molar-refractivity contribution is -0.143. The summed E-state index contributed by atoms with van der Waals surface area (Å²) < 4.78 is 0. The molecular formula is C16H23ClN2O. The third-order valence-corrected chi connectivity index (χ3v) is 4.53. The normalized spacial score (nSPS) is 25.6. The summed E-state index contributed by atoms with van der Waals surface area (Å²) >= 11 is 0. The summed E-state index contributed by atoms with van der Waals surface area (Å²) in [5.74, 6) is 0.328. The van der Waals surface area contributed by atoms with Crippen LogP contribution in [0.1, 0.15) is 30.9 Å². The Balaban J connectivity index is 0.00000147. The fraction of sp³-hybridized carbons (Fsp3) is 0.562. The van der Waals surface area contributed by atoms with Crippen molar-refractivity contribution in [2.45, 2.75) is 32.7 Å². The van der Waals surface area contributed by atoms with Crippen molar-refractivity contribution in [1.29, 1.82) is 0 Å². The minimum atomic E-state index is -0.204. The molecule has 1 atom stereocenters. The first-order valence-electron chi connectivity index (χ1n) is 7.26. The standard InChI is InChI=1S/C16H22N2O.ClH/c1-16(8-4-9-17-12-16)15(19)18-10-7-13-5-2-3-6-14(13)11-18;/h2-3,5-6,17H,4,7-12H2,1H3;1H. The molecule has 0 radical (unpaired) electrons. The van der Waals surface area contributed by atoms with E-state index in [9.17, 15) is 4.79 Å². The Morgan fingerprint density at radius 3 is 2.75 bits per heavy atom. The first-order valence-corrected chi connectivity index (χ1v) is 7.26. The molecule has 1 saturated heterocycles. The monoisotopic (exact) mass is 294 g/mol. The number of fused-ring (bicyclic) bond motifs is 1. The average molecular weight is 295 g/mol. The summed E-state index contributed by atoms with van der Waals surface area (Å²) in [5.41, 5.74) is 2.51. The summed E-state index contributed by atoms with van der Waals surface area (Å²) in [6.45, 7) is 5.63. The maximum atomic E-state index is 12.8. The summed E-state index contributed by atoms with van der Waals surface area (Å²) in [4.78, 5) is 14.8. The Bertz CT molecular complexity index is 483. The molecule has 0 aromatic heterocycles. The van der Waals surface area contributed by atoms with Crippen LogP contribution >= 0.6 is 12.4 Å². The van der Waals surface area contributed by atoms with E-state index in [-0.39, 0.29) is 17.8 Å². The minimum Gasteiger partial charge on any atom is -0.338 e. The molecule has 0 bridgehead atoms. The molecule has 1 aromatic rings. The lowest BCUT2D eigenvalue weighted by atomic mass is 9.81. The zero-order valence-corrected chi connectivity index (χ0v) is 12.8. The van der Waals surface area contributed by atoms with Gasteiger partial charge in [-0.2, -0.15) is 0 Å². The molecule has 1 amide bonds. The number of carbonyl (C=O) groups excluding carboxylic acids is 1. The molecule has 3 nitrogen and oxygen atoms in total. The van der Waals surface area contributed by atoms with Gasteiger partial charge < -0.3 is 10.2 Å². The molecule has 2 aliphatic rings. The predicted molar refractivity (Wildman–Crippen MR) is 83.0 cm³/mol. The van der Waals surface area contributed by atoms with Crippen LogP contribution in [0.5, 0.6) is 0 Å². The van der Waals surface area contributed by atoms with Crippen molar-refractivity contribution in [3.05, 3.63) is 35.4 Å². The van der Waals surface area contributed by atoms with Gasteiger partial charge in [0.05, 0.1) is 5.41 Å². The second kappa shape index (κ2) is 6.15. The van der Waals surface area contributed by atoms with Gasteiger partial charge in [0.15, 0.2) is 0 Å². The van der Waals surface area contributed by atoms with Gasteiger partial charge in [-0.3, -0.25) is 4.79 Å². The van der Waals surface area contributed by atoms with Crippen molar-refractivity contribution in [2.75, 3.05) is 19.6 Å². The van der Waals surface area contributed by atoms with Crippen LogP contribution in [0.15, 0.2) is 24.3 Å². The van der Waals surface area contributed by atoms with Gasteiger partial charge in [-0.15, -0.1) is 12.4 Å². The lowest BCUT2D eigenvalue weighted by Crippen LogP contribution is -2.51. The third-order valence-electron chi connectivity index (χ3n) is 4.53. The zero-order chi connectivity index (χ0) is 13.3. The van der Waals surface area contributed by atoms with Crippen LogP contribution in [0.25, 0.3) is 0 Å². The third kappa shape index (κ3) is 2.84. The van der Waals surface area contributed by atoms with Crippen molar-refractivity contribution >= 4 is 18.3 Å². The topological polar surface area (TPSA) is 32.3 Å². The highest BCUT2D eigenvalue weighted by Crippen LogP contribution is 2.30. The van der Waals surface area contributed by atoms with Crippen LogP contribution in [0.2, 0.25) is 0 Å². The number of nitrogens with zero attached hydrogens (tertiary/aromatic N) is 1. The van der Waals surface area contributed by atoms with Crippen molar-refractivity contribution in [3.8, 4) is 0 Å². The van der Waals surface area contributed by atoms with E-state index in [1.54, 1.807) is 0 Å². The van der Waals surface area contributed by atoms with Gasteiger partial charge in [0.25, 0.3) is 0 Å². The smallest absolute Gasteiger partial charge is 0.230 e. The first kappa shape index (κ1) is 15.3. The van der Waals surface area contributed by atoms with Gasteiger partial charge in [-0.1, -0.05) is 24.3 Å². The van der Waals surface area contributed by atoms with Crippen LogP contribution in [0.3, 0.4) is 0 Å². The molecule has 1 N–H and O–H groups in total. The van der Waals surface area contributed by atoms with Crippen molar-refractivity contribution in [3.63, 3.8) is 0 Å². The highest BCUT2D eigenvalue weighted by Gasteiger charge is 2.38. The van der Waals surface area contributed by atoms with Gasteiger partial charge in [0, 0.05) is 19.6 Å². The lowest BCUT2D eigenvalue weighted by Gasteiger charge is -2.39. The van der Waals surface area contributed by atoms with E-state index in [0.717, 1.165) is 45.4 Å². The average Bonchev–Trinajstić information content (AvgIpc) is 2.47. The molecule has 2 heterocycles. The number of halogens is 1. The first-order chi connectivity index (χ1) is 9.19. The summed E-state index contributed by atoms with van der Waals surface area (Å²) in [6, 6.07) is 8.48. The summed E-state index contributed by atoms with van der Waals surface area (Å²) in [5, 5.41) is 3.37. The van der Waals surface area contributed by atoms with Crippen LogP contribution in [-0.2, 0) is 17.8 Å². The Kier molecular flexibility index (Phi) is 4.71. The quantitative estimate of drug-likeness (QED) is 0.862. The van der Waals surface area contributed by atoms with Crippen LogP contribution in [0.4, 0.5) is 0 Å². The SMILES string of the molecule is CC1(C(=O)N2CCc3ccccc3C2)CCCNC1.Cl. The molecule has 1 unspecified atom stereocenters. The largest absolute Gasteiger partial charge is 0.338 e. The summed E-state index contributed by atoms with van der Waals surface area (Å²) in [7, 11) is 0. The Labute approximate surface area is 127 Å². The fourth-order valence-electron chi connectivity index (χ4n) is 3.29. The van der Waals surface area contributed by atoms with Crippen LogP contribution in [-0.4, -0.2) is 30.4 Å². The molecular weight excluding hydrogens is 272 g/mol. The minimum absolute atomic E-state index is 0. The maximum absolute atomic E-state index is 12.8. The van der Waals surface area contributed by atoms with Gasteiger partial charge in [0.2, 0.25) is 5.91 Å². The Morgan fingerprint density at radius 2 is 2.05 bits per heavy atom. The van der Waals surface area contributed by atoms with E-state index < -0.39 is 0 Å². The van der Waals surface area contributed by atoms with Gasteiger partial charge >= 0.3 is 0 Å².